The van der Waals surface area contributed by atoms with Crippen LogP contribution in [0.25, 0.3) is 0 Å². The fourth-order valence-electron chi connectivity index (χ4n) is 3.30. The third-order valence-corrected chi connectivity index (χ3v) is 4.74. The number of nitrogens with two attached hydrogens (primary N) is 1. The van der Waals surface area contributed by atoms with Gasteiger partial charge in [-0.15, -0.1) is 0 Å². The first-order valence-electron chi connectivity index (χ1n) is 9.53. The molecule has 0 amide bonds. The van der Waals surface area contributed by atoms with Gasteiger partial charge in [-0.3, -0.25) is 19.3 Å². The van der Waals surface area contributed by atoms with Crippen molar-refractivity contribution >= 4 is 0 Å². The summed E-state index contributed by atoms with van der Waals surface area (Å²) in [4.78, 5) is 30.2. The first-order valence-corrected chi connectivity index (χ1v) is 9.53. The molecule has 0 radical (unpaired) electrons. The average molecular weight is 389 g/mol. The van der Waals surface area contributed by atoms with Gasteiger partial charge in [-0.25, -0.2) is 4.79 Å². The van der Waals surface area contributed by atoms with Gasteiger partial charge in [0, 0.05) is 43.7 Å². The lowest BCUT2D eigenvalue weighted by Gasteiger charge is -2.20. The molecule has 3 atom stereocenters. The molecule has 0 saturated carbocycles. The number of pyridine rings is 1. The highest BCUT2D eigenvalue weighted by Gasteiger charge is 2.38. The van der Waals surface area contributed by atoms with Gasteiger partial charge in [0.1, 0.15) is 18.1 Å². The molecular weight excluding hydrogens is 362 g/mol. The number of hydrogen-bond acceptors (Lipinski definition) is 7. The lowest BCUT2D eigenvalue weighted by molar-refractivity contribution is -0.0212. The van der Waals surface area contributed by atoms with Crippen LogP contribution in [0.4, 0.5) is 0 Å². The smallest absolute Gasteiger partial charge is 0.330 e. The summed E-state index contributed by atoms with van der Waals surface area (Å²) in [5.41, 5.74) is 5.09. The molecular formula is C19H27N5O4. The molecule has 9 heteroatoms. The zero-order chi connectivity index (χ0) is 19.9. The molecule has 28 heavy (non-hydrogen) atoms. The van der Waals surface area contributed by atoms with E-state index in [2.05, 4.69) is 15.3 Å². The summed E-state index contributed by atoms with van der Waals surface area (Å²) in [6, 6.07) is 3.59. The molecule has 0 spiro atoms. The van der Waals surface area contributed by atoms with Gasteiger partial charge in [-0.05, 0) is 38.4 Å². The number of rotatable bonds is 9. The molecule has 1 saturated heterocycles. The van der Waals surface area contributed by atoms with E-state index in [0.29, 0.717) is 24.3 Å². The molecule has 0 unspecified atom stereocenters. The predicted octanol–water partition coefficient (Wildman–Crippen LogP) is 0.304. The summed E-state index contributed by atoms with van der Waals surface area (Å²) < 4.78 is 13.7. The Morgan fingerprint density at radius 3 is 2.89 bits per heavy atom. The minimum atomic E-state index is -0.489. The third-order valence-electron chi connectivity index (χ3n) is 4.74. The van der Waals surface area contributed by atoms with Crippen LogP contribution in [0.2, 0.25) is 0 Å². The van der Waals surface area contributed by atoms with Crippen molar-refractivity contribution in [3.63, 3.8) is 0 Å². The number of hydrogen-bond donors (Lipinski definition) is 3. The summed E-state index contributed by atoms with van der Waals surface area (Å²) in [6.45, 7) is 3.87. The highest BCUT2D eigenvalue weighted by molar-refractivity contribution is 5.17. The predicted molar refractivity (Wildman–Crippen MR) is 104 cm³/mol. The van der Waals surface area contributed by atoms with Crippen LogP contribution in [0.5, 0.6) is 5.75 Å². The van der Waals surface area contributed by atoms with Gasteiger partial charge in [-0.2, -0.15) is 0 Å². The molecule has 3 heterocycles. The van der Waals surface area contributed by atoms with E-state index < -0.39 is 11.9 Å². The van der Waals surface area contributed by atoms with Crippen LogP contribution in [-0.2, 0) is 4.74 Å². The second-order valence-electron chi connectivity index (χ2n) is 6.86. The molecule has 2 aromatic heterocycles. The molecule has 2 aromatic rings. The van der Waals surface area contributed by atoms with E-state index in [1.54, 1.807) is 37.6 Å². The topological polar surface area (TPSA) is 124 Å². The Bertz CT molecular complexity index is 867. The van der Waals surface area contributed by atoms with E-state index in [9.17, 15) is 9.59 Å². The Morgan fingerprint density at radius 2 is 2.14 bits per heavy atom. The standard InChI is InChI=1S/C19H27N5O4/c1-13-12-24(19(26)23-18(13)25)17-11-16(27-14-4-8-22-9-5-14)15(28-17)3-2-7-21-10-6-20/h4-5,8-9,12,15-17,21H,2-3,6-7,10-11,20H2,1H3,(H,23,25,26)/t15-,16+,17-/m1/s1. The molecule has 4 N–H and O–H groups in total. The monoisotopic (exact) mass is 389 g/mol. The van der Waals surface area contributed by atoms with E-state index in [-0.39, 0.29) is 17.8 Å². The van der Waals surface area contributed by atoms with Gasteiger partial charge < -0.3 is 20.5 Å². The maximum absolute atomic E-state index is 12.2. The number of nitrogens with one attached hydrogen (secondary N) is 2. The average Bonchev–Trinajstić information content (AvgIpc) is 3.07. The molecule has 0 aromatic carbocycles. The summed E-state index contributed by atoms with van der Waals surface area (Å²) in [7, 11) is 0. The van der Waals surface area contributed by atoms with Crippen LogP contribution in [0, 0.1) is 6.92 Å². The second kappa shape index (κ2) is 9.63. The van der Waals surface area contributed by atoms with E-state index in [0.717, 1.165) is 25.9 Å². The van der Waals surface area contributed by atoms with Gasteiger partial charge in [-0.1, -0.05) is 0 Å². The number of ether oxygens (including phenoxy) is 2. The summed E-state index contributed by atoms with van der Waals surface area (Å²) in [6.07, 6.45) is 6.20. The van der Waals surface area contributed by atoms with E-state index >= 15 is 0 Å². The molecule has 1 aliphatic rings. The minimum absolute atomic E-state index is 0.169. The number of aromatic amines is 1. The largest absolute Gasteiger partial charge is 0.487 e. The normalized spacial score (nSPS) is 21.7. The fourth-order valence-corrected chi connectivity index (χ4v) is 3.30. The van der Waals surface area contributed by atoms with Crippen molar-refractivity contribution < 1.29 is 9.47 Å². The van der Waals surface area contributed by atoms with Gasteiger partial charge in [0.2, 0.25) is 0 Å². The van der Waals surface area contributed by atoms with Gasteiger partial charge in [0.05, 0.1) is 6.10 Å². The Labute approximate surface area is 162 Å². The van der Waals surface area contributed by atoms with Crippen molar-refractivity contribution in [2.75, 3.05) is 19.6 Å². The zero-order valence-electron chi connectivity index (χ0n) is 16.0. The highest BCUT2D eigenvalue weighted by atomic mass is 16.6. The van der Waals surface area contributed by atoms with E-state index in [1.807, 2.05) is 0 Å². The zero-order valence-corrected chi connectivity index (χ0v) is 16.0. The van der Waals surface area contributed by atoms with Crippen LogP contribution in [0.3, 0.4) is 0 Å². The Morgan fingerprint density at radius 1 is 1.36 bits per heavy atom. The maximum Gasteiger partial charge on any atom is 0.330 e. The quantitative estimate of drug-likeness (QED) is 0.527. The van der Waals surface area contributed by atoms with Crippen LogP contribution in [-0.4, -0.2) is 46.4 Å². The third kappa shape index (κ3) is 5.06. The fraction of sp³-hybridized carbons (Fsp3) is 0.526. The molecule has 0 bridgehead atoms. The van der Waals surface area contributed by atoms with Crippen molar-refractivity contribution in [3.05, 3.63) is 57.1 Å². The number of aryl methyl sites for hydroxylation is 1. The van der Waals surface area contributed by atoms with Crippen LogP contribution in [0.1, 0.15) is 31.1 Å². The molecule has 9 nitrogen and oxygen atoms in total. The molecule has 0 aliphatic carbocycles. The van der Waals surface area contributed by atoms with Crippen molar-refractivity contribution in [3.8, 4) is 5.75 Å². The van der Waals surface area contributed by atoms with E-state index in [1.165, 1.54) is 4.57 Å². The van der Waals surface area contributed by atoms with Crippen molar-refractivity contribution in [2.45, 2.75) is 44.6 Å². The van der Waals surface area contributed by atoms with Gasteiger partial charge in [0.15, 0.2) is 0 Å². The second-order valence-corrected chi connectivity index (χ2v) is 6.86. The maximum atomic E-state index is 12.2. The Hall–Kier alpha value is -2.49. The molecule has 1 aliphatic heterocycles. The first-order chi connectivity index (χ1) is 13.6. The first kappa shape index (κ1) is 20.2. The van der Waals surface area contributed by atoms with Crippen molar-refractivity contribution in [1.29, 1.82) is 0 Å². The number of nitrogens with zero attached hydrogens (tertiary/aromatic N) is 2. The van der Waals surface area contributed by atoms with Crippen molar-refractivity contribution in [2.24, 2.45) is 5.73 Å². The summed E-state index contributed by atoms with van der Waals surface area (Å²) in [5.74, 6) is 0.709. The molecule has 3 rings (SSSR count). The molecule has 152 valence electrons. The van der Waals surface area contributed by atoms with Crippen LogP contribution < -0.4 is 27.0 Å². The minimum Gasteiger partial charge on any atom is -0.487 e. The summed E-state index contributed by atoms with van der Waals surface area (Å²) in [5, 5.41) is 3.26. The summed E-state index contributed by atoms with van der Waals surface area (Å²) >= 11 is 0. The lowest BCUT2D eigenvalue weighted by atomic mass is 10.1. The number of aromatic nitrogens is 3. The number of H-pyrrole nitrogens is 1. The Kier molecular flexibility index (Phi) is 6.96. The Balaban J connectivity index is 1.73. The SMILES string of the molecule is Cc1cn([C@H]2C[C@H](Oc3ccncc3)[C@@H](CCCNCCN)O2)c(=O)[nH]c1=O. The molecule has 1 fully saturated rings. The van der Waals surface area contributed by atoms with E-state index in [4.69, 9.17) is 15.2 Å². The van der Waals surface area contributed by atoms with Gasteiger partial charge >= 0.3 is 5.69 Å². The van der Waals surface area contributed by atoms with Gasteiger partial charge in [0.25, 0.3) is 5.56 Å². The van der Waals surface area contributed by atoms with Crippen LogP contribution >= 0.6 is 0 Å². The highest BCUT2D eigenvalue weighted by Crippen LogP contribution is 2.33. The van der Waals surface area contributed by atoms with Crippen molar-refractivity contribution in [1.82, 2.24) is 19.9 Å². The van der Waals surface area contributed by atoms with Crippen LogP contribution in [0.15, 0.2) is 40.3 Å². The lowest BCUT2D eigenvalue weighted by Crippen LogP contribution is -2.33.